The standard InChI is InChI=1S/C15H14ClFN2S/c1-10(7-12-3-2-6-20-12)19-14-8-11(17)4-5-13(14)18-15(19)9-16/h2-6,8,10H,7,9H2,1H3. The molecule has 0 aliphatic rings. The van der Waals surface area contributed by atoms with Crippen LogP contribution >= 0.6 is 22.9 Å². The fourth-order valence-corrected chi connectivity index (χ4v) is 3.53. The Morgan fingerprint density at radius 3 is 2.95 bits per heavy atom. The molecule has 2 heterocycles. The van der Waals surface area contributed by atoms with E-state index in [4.69, 9.17) is 11.6 Å². The maximum atomic E-state index is 13.5. The molecule has 3 aromatic rings. The van der Waals surface area contributed by atoms with Crippen LogP contribution in [0.1, 0.15) is 23.7 Å². The molecule has 1 atom stereocenters. The highest BCUT2D eigenvalue weighted by atomic mass is 35.5. The third-order valence-electron chi connectivity index (χ3n) is 3.36. The summed E-state index contributed by atoms with van der Waals surface area (Å²) in [7, 11) is 0. The van der Waals surface area contributed by atoms with Crippen LogP contribution in [-0.2, 0) is 12.3 Å². The molecule has 0 bridgehead atoms. The summed E-state index contributed by atoms with van der Waals surface area (Å²) in [5, 5.41) is 2.07. The normalized spacial score (nSPS) is 12.9. The molecule has 0 radical (unpaired) electrons. The first-order chi connectivity index (χ1) is 9.69. The van der Waals surface area contributed by atoms with Gasteiger partial charge < -0.3 is 4.57 Å². The van der Waals surface area contributed by atoms with Crippen molar-refractivity contribution < 1.29 is 4.39 Å². The summed E-state index contributed by atoms with van der Waals surface area (Å²) < 4.78 is 15.5. The Kier molecular flexibility index (Phi) is 3.76. The Balaban J connectivity index is 2.06. The van der Waals surface area contributed by atoms with Crippen LogP contribution in [0.2, 0.25) is 0 Å². The molecular formula is C15H14ClFN2S. The Labute approximate surface area is 125 Å². The Morgan fingerprint density at radius 1 is 1.40 bits per heavy atom. The molecule has 0 fully saturated rings. The predicted molar refractivity (Wildman–Crippen MR) is 82.0 cm³/mol. The number of fused-ring (bicyclic) bond motifs is 1. The van der Waals surface area contributed by atoms with Crippen molar-refractivity contribution in [2.24, 2.45) is 0 Å². The van der Waals surface area contributed by atoms with Crippen LogP contribution < -0.4 is 0 Å². The minimum Gasteiger partial charge on any atom is -0.324 e. The maximum absolute atomic E-state index is 13.5. The number of nitrogens with zero attached hydrogens (tertiary/aromatic N) is 2. The fourth-order valence-electron chi connectivity index (χ4n) is 2.51. The van der Waals surface area contributed by atoms with Crippen LogP contribution in [0.3, 0.4) is 0 Å². The first-order valence-electron chi connectivity index (χ1n) is 6.43. The zero-order valence-corrected chi connectivity index (χ0v) is 12.6. The van der Waals surface area contributed by atoms with Crippen LogP contribution in [0.25, 0.3) is 11.0 Å². The Hall–Kier alpha value is -1.39. The molecule has 2 aromatic heterocycles. The summed E-state index contributed by atoms with van der Waals surface area (Å²) in [6.45, 7) is 2.11. The average molecular weight is 309 g/mol. The lowest BCUT2D eigenvalue weighted by atomic mass is 10.2. The van der Waals surface area contributed by atoms with Gasteiger partial charge in [-0.15, -0.1) is 22.9 Å². The number of benzene rings is 1. The summed E-state index contributed by atoms with van der Waals surface area (Å²) in [6.07, 6.45) is 0.892. The van der Waals surface area contributed by atoms with E-state index in [1.807, 2.05) is 10.6 Å². The zero-order valence-electron chi connectivity index (χ0n) is 11.0. The first kappa shape index (κ1) is 13.6. The quantitative estimate of drug-likeness (QED) is 0.634. The van der Waals surface area contributed by atoms with Gasteiger partial charge in [0.1, 0.15) is 11.6 Å². The first-order valence-corrected chi connectivity index (χ1v) is 7.85. The lowest BCUT2D eigenvalue weighted by Gasteiger charge is -2.16. The zero-order chi connectivity index (χ0) is 14.1. The van der Waals surface area contributed by atoms with Crippen molar-refractivity contribution in [1.82, 2.24) is 9.55 Å². The van der Waals surface area contributed by atoms with Crippen molar-refractivity contribution in [2.75, 3.05) is 0 Å². The van der Waals surface area contributed by atoms with E-state index < -0.39 is 0 Å². The van der Waals surface area contributed by atoms with Crippen LogP contribution in [-0.4, -0.2) is 9.55 Å². The van der Waals surface area contributed by atoms with E-state index in [0.717, 1.165) is 23.3 Å². The molecule has 0 amide bonds. The highest BCUT2D eigenvalue weighted by Gasteiger charge is 2.16. The van der Waals surface area contributed by atoms with Gasteiger partial charge in [0.05, 0.1) is 16.9 Å². The number of thiophene rings is 1. The SMILES string of the molecule is CC(Cc1cccs1)n1c(CCl)nc2ccc(F)cc21. The summed E-state index contributed by atoms with van der Waals surface area (Å²) in [5.41, 5.74) is 1.60. The topological polar surface area (TPSA) is 17.8 Å². The van der Waals surface area contributed by atoms with Crippen molar-refractivity contribution in [3.63, 3.8) is 0 Å². The molecule has 3 rings (SSSR count). The van der Waals surface area contributed by atoms with Gasteiger partial charge in [0.25, 0.3) is 0 Å². The average Bonchev–Trinajstić information content (AvgIpc) is 3.04. The van der Waals surface area contributed by atoms with E-state index in [2.05, 4.69) is 23.4 Å². The molecule has 1 unspecified atom stereocenters. The number of hydrogen-bond donors (Lipinski definition) is 0. The van der Waals surface area contributed by atoms with E-state index in [1.54, 1.807) is 17.4 Å². The molecule has 104 valence electrons. The summed E-state index contributed by atoms with van der Waals surface area (Å²) in [5.74, 6) is 0.866. The smallest absolute Gasteiger partial charge is 0.125 e. The largest absolute Gasteiger partial charge is 0.324 e. The van der Waals surface area contributed by atoms with E-state index in [-0.39, 0.29) is 11.9 Å². The van der Waals surface area contributed by atoms with Gasteiger partial charge in [-0.2, -0.15) is 0 Å². The third-order valence-corrected chi connectivity index (χ3v) is 4.50. The van der Waals surface area contributed by atoms with E-state index in [1.165, 1.54) is 17.0 Å². The van der Waals surface area contributed by atoms with Crippen molar-refractivity contribution in [3.05, 3.63) is 52.2 Å². The Bertz CT molecular complexity index is 721. The number of halogens is 2. The second-order valence-electron chi connectivity index (χ2n) is 4.80. The lowest BCUT2D eigenvalue weighted by molar-refractivity contribution is 0.545. The van der Waals surface area contributed by atoms with Crippen LogP contribution in [0.15, 0.2) is 35.7 Å². The van der Waals surface area contributed by atoms with Gasteiger partial charge >= 0.3 is 0 Å². The molecule has 0 saturated heterocycles. The van der Waals surface area contributed by atoms with Crippen molar-refractivity contribution in [3.8, 4) is 0 Å². The van der Waals surface area contributed by atoms with Gasteiger partial charge in [-0.3, -0.25) is 0 Å². The van der Waals surface area contributed by atoms with Gasteiger partial charge in [-0.05, 0) is 36.6 Å². The third kappa shape index (κ3) is 2.45. The van der Waals surface area contributed by atoms with E-state index in [9.17, 15) is 4.39 Å². The van der Waals surface area contributed by atoms with Gasteiger partial charge in [0.2, 0.25) is 0 Å². The summed E-state index contributed by atoms with van der Waals surface area (Å²) in [4.78, 5) is 5.79. The summed E-state index contributed by atoms with van der Waals surface area (Å²) in [6, 6.07) is 9.01. The van der Waals surface area contributed by atoms with Crippen LogP contribution in [0, 0.1) is 5.82 Å². The minimum absolute atomic E-state index is 0.189. The van der Waals surface area contributed by atoms with Gasteiger partial charge in [-0.1, -0.05) is 6.07 Å². The van der Waals surface area contributed by atoms with Crippen LogP contribution in [0.4, 0.5) is 4.39 Å². The fraction of sp³-hybridized carbons (Fsp3) is 0.267. The summed E-state index contributed by atoms with van der Waals surface area (Å²) >= 11 is 7.72. The molecular weight excluding hydrogens is 295 g/mol. The van der Waals surface area contributed by atoms with Gasteiger partial charge in [0.15, 0.2) is 0 Å². The predicted octanol–water partition coefficient (Wildman–Crippen LogP) is 4.78. The number of hydrogen-bond acceptors (Lipinski definition) is 2. The Morgan fingerprint density at radius 2 is 2.25 bits per heavy atom. The minimum atomic E-state index is -0.247. The monoisotopic (exact) mass is 308 g/mol. The number of imidazole rings is 1. The molecule has 0 aliphatic carbocycles. The van der Waals surface area contributed by atoms with Crippen molar-refractivity contribution >= 4 is 34.0 Å². The highest BCUT2D eigenvalue weighted by Crippen LogP contribution is 2.26. The molecule has 5 heteroatoms. The van der Waals surface area contributed by atoms with E-state index in [0.29, 0.717) is 5.88 Å². The van der Waals surface area contributed by atoms with Crippen LogP contribution in [0.5, 0.6) is 0 Å². The molecule has 0 aliphatic heterocycles. The molecule has 0 N–H and O–H groups in total. The van der Waals surface area contributed by atoms with Gasteiger partial charge in [-0.25, -0.2) is 9.37 Å². The number of rotatable bonds is 4. The highest BCUT2D eigenvalue weighted by molar-refractivity contribution is 7.09. The van der Waals surface area contributed by atoms with Gasteiger partial charge in [0, 0.05) is 17.3 Å². The molecule has 2 nitrogen and oxygen atoms in total. The lowest BCUT2D eigenvalue weighted by Crippen LogP contribution is -2.10. The van der Waals surface area contributed by atoms with Crippen molar-refractivity contribution in [1.29, 1.82) is 0 Å². The second-order valence-corrected chi connectivity index (χ2v) is 6.10. The molecule has 0 spiro atoms. The maximum Gasteiger partial charge on any atom is 0.125 e. The molecule has 20 heavy (non-hydrogen) atoms. The van der Waals surface area contributed by atoms with Crippen molar-refractivity contribution in [2.45, 2.75) is 25.3 Å². The van der Waals surface area contributed by atoms with E-state index >= 15 is 0 Å². The number of aromatic nitrogens is 2. The second kappa shape index (κ2) is 5.54. The molecule has 0 saturated carbocycles. The molecule has 1 aromatic carbocycles. The number of alkyl halides is 1.